The lowest BCUT2D eigenvalue weighted by Crippen LogP contribution is -2.15. The van der Waals surface area contributed by atoms with E-state index in [1.165, 1.54) is 32.4 Å². The zero-order valence-electron chi connectivity index (χ0n) is 15.8. The SMILES string of the molecule is COc1ccc([N+](=O)[O-])cc1NC(=O)CSc1n[nH]c(-c2cc(Cl)ccc2OC)n1. The molecule has 0 atom stereocenters. The standard InChI is InChI=1S/C18H16ClN5O5S/c1-28-14-5-3-10(19)7-12(14)17-21-18(23-22-17)30-9-16(25)20-13-8-11(24(26)27)4-6-15(13)29-2/h3-8H,9H2,1-2H3,(H,20,25)(H,21,22,23). The number of nitro benzene ring substituents is 1. The molecule has 0 saturated carbocycles. The topological polar surface area (TPSA) is 132 Å². The number of methoxy groups -OCH3 is 2. The molecule has 0 aliphatic carbocycles. The molecule has 10 nitrogen and oxygen atoms in total. The number of nitro groups is 1. The molecular formula is C18H16ClN5O5S. The molecule has 3 aromatic rings. The van der Waals surface area contributed by atoms with Crippen LogP contribution in [-0.2, 0) is 4.79 Å². The van der Waals surface area contributed by atoms with Gasteiger partial charge in [-0.3, -0.25) is 20.0 Å². The van der Waals surface area contributed by atoms with Crippen molar-refractivity contribution in [3.8, 4) is 22.9 Å². The van der Waals surface area contributed by atoms with Gasteiger partial charge in [0.2, 0.25) is 11.1 Å². The molecule has 1 amide bonds. The summed E-state index contributed by atoms with van der Waals surface area (Å²) >= 11 is 7.13. The largest absolute Gasteiger partial charge is 0.496 e. The summed E-state index contributed by atoms with van der Waals surface area (Å²) in [4.78, 5) is 27.0. The lowest BCUT2D eigenvalue weighted by molar-refractivity contribution is -0.384. The molecule has 0 radical (unpaired) electrons. The van der Waals surface area contributed by atoms with Gasteiger partial charge in [-0.25, -0.2) is 4.98 Å². The summed E-state index contributed by atoms with van der Waals surface area (Å²) < 4.78 is 10.4. The van der Waals surface area contributed by atoms with Crippen LogP contribution in [0.1, 0.15) is 0 Å². The van der Waals surface area contributed by atoms with E-state index in [9.17, 15) is 14.9 Å². The molecule has 0 aliphatic heterocycles. The van der Waals surface area contributed by atoms with Crippen LogP contribution in [0.15, 0.2) is 41.6 Å². The molecule has 0 aliphatic rings. The second-order valence-corrected chi connectivity index (χ2v) is 7.17. The molecule has 1 aromatic heterocycles. The molecule has 3 rings (SSSR count). The van der Waals surface area contributed by atoms with Crippen LogP contribution in [0.5, 0.6) is 11.5 Å². The average Bonchev–Trinajstić information content (AvgIpc) is 3.21. The monoisotopic (exact) mass is 449 g/mol. The average molecular weight is 450 g/mol. The Labute approximate surface area is 180 Å². The smallest absolute Gasteiger partial charge is 0.271 e. The molecule has 156 valence electrons. The van der Waals surface area contributed by atoms with Gasteiger partial charge >= 0.3 is 0 Å². The number of aromatic nitrogens is 3. The maximum Gasteiger partial charge on any atom is 0.271 e. The zero-order chi connectivity index (χ0) is 21.7. The van der Waals surface area contributed by atoms with Gasteiger partial charge in [-0.2, -0.15) is 0 Å². The number of hydrogen-bond acceptors (Lipinski definition) is 8. The van der Waals surface area contributed by atoms with Gasteiger partial charge in [-0.05, 0) is 24.3 Å². The molecule has 0 spiro atoms. The number of nitrogens with zero attached hydrogens (tertiary/aromatic N) is 3. The molecule has 0 unspecified atom stereocenters. The van der Waals surface area contributed by atoms with Crippen molar-refractivity contribution in [3.63, 3.8) is 0 Å². The van der Waals surface area contributed by atoms with Crippen LogP contribution in [0.25, 0.3) is 11.4 Å². The third-order valence-corrected chi connectivity index (χ3v) is 4.96. The van der Waals surface area contributed by atoms with Crippen LogP contribution in [-0.4, -0.2) is 46.0 Å². The minimum atomic E-state index is -0.552. The number of thioether (sulfide) groups is 1. The van der Waals surface area contributed by atoms with Crippen molar-refractivity contribution in [2.24, 2.45) is 0 Å². The number of ether oxygens (including phenoxy) is 2. The zero-order valence-corrected chi connectivity index (χ0v) is 17.4. The second-order valence-electron chi connectivity index (χ2n) is 5.79. The van der Waals surface area contributed by atoms with Crippen molar-refractivity contribution in [3.05, 3.63) is 51.5 Å². The van der Waals surface area contributed by atoms with Crippen LogP contribution in [0, 0.1) is 10.1 Å². The highest BCUT2D eigenvalue weighted by atomic mass is 35.5. The van der Waals surface area contributed by atoms with Crippen LogP contribution in [0.3, 0.4) is 0 Å². The van der Waals surface area contributed by atoms with E-state index >= 15 is 0 Å². The molecule has 0 fully saturated rings. The third-order valence-electron chi connectivity index (χ3n) is 3.88. The molecule has 0 bridgehead atoms. The van der Waals surface area contributed by atoms with Crippen LogP contribution in [0.2, 0.25) is 5.02 Å². The van der Waals surface area contributed by atoms with Gasteiger partial charge in [0.15, 0.2) is 5.82 Å². The van der Waals surface area contributed by atoms with Crippen molar-refractivity contribution in [1.82, 2.24) is 15.2 Å². The van der Waals surface area contributed by atoms with Gasteiger partial charge in [0.05, 0.1) is 36.1 Å². The van der Waals surface area contributed by atoms with Gasteiger partial charge in [-0.1, -0.05) is 23.4 Å². The number of non-ortho nitro benzene ring substituents is 1. The van der Waals surface area contributed by atoms with Gasteiger partial charge < -0.3 is 14.8 Å². The van der Waals surface area contributed by atoms with Crippen molar-refractivity contribution < 1.29 is 19.2 Å². The Bertz CT molecular complexity index is 1090. The van der Waals surface area contributed by atoms with E-state index < -0.39 is 10.8 Å². The molecule has 30 heavy (non-hydrogen) atoms. The molecule has 2 aromatic carbocycles. The van der Waals surface area contributed by atoms with E-state index in [2.05, 4.69) is 20.5 Å². The Balaban J connectivity index is 1.67. The summed E-state index contributed by atoms with van der Waals surface area (Å²) in [5.74, 6) is 0.911. The first kappa shape index (κ1) is 21.4. The number of benzene rings is 2. The highest BCUT2D eigenvalue weighted by Crippen LogP contribution is 2.32. The first-order valence-corrected chi connectivity index (χ1v) is 9.79. The quantitative estimate of drug-likeness (QED) is 0.301. The summed E-state index contributed by atoms with van der Waals surface area (Å²) in [5, 5.41) is 21.3. The number of nitrogens with one attached hydrogen (secondary N) is 2. The fraction of sp³-hybridized carbons (Fsp3) is 0.167. The fourth-order valence-electron chi connectivity index (χ4n) is 2.52. The Kier molecular flexibility index (Phi) is 6.75. The van der Waals surface area contributed by atoms with Gasteiger partial charge in [-0.15, -0.1) is 5.10 Å². The number of carbonyl (C=O) groups excluding carboxylic acids is 1. The summed E-state index contributed by atoms with van der Waals surface area (Å²) in [5.41, 5.74) is 0.680. The lowest BCUT2D eigenvalue weighted by Gasteiger charge is -2.09. The molecule has 1 heterocycles. The number of aromatic amines is 1. The predicted molar refractivity (Wildman–Crippen MR) is 112 cm³/mol. The first-order chi connectivity index (χ1) is 14.4. The number of amides is 1. The van der Waals surface area contributed by atoms with Crippen molar-refractivity contribution in [2.45, 2.75) is 5.16 Å². The third kappa shape index (κ3) is 4.99. The Morgan fingerprint density at radius 3 is 2.67 bits per heavy atom. The Morgan fingerprint density at radius 1 is 1.23 bits per heavy atom. The number of H-pyrrole nitrogens is 1. The van der Waals surface area contributed by atoms with Crippen LogP contribution in [0.4, 0.5) is 11.4 Å². The minimum absolute atomic E-state index is 0.0180. The van der Waals surface area contributed by atoms with Gasteiger partial charge in [0.1, 0.15) is 11.5 Å². The highest BCUT2D eigenvalue weighted by molar-refractivity contribution is 7.99. The molecule has 12 heteroatoms. The van der Waals surface area contributed by atoms with Crippen molar-refractivity contribution in [2.75, 3.05) is 25.3 Å². The van der Waals surface area contributed by atoms with Crippen molar-refractivity contribution in [1.29, 1.82) is 0 Å². The summed E-state index contributed by atoms with van der Waals surface area (Å²) in [6.45, 7) is 0. The van der Waals surface area contributed by atoms with Gasteiger partial charge in [0.25, 0.3) is 5.69 Å². The fourth-order valence-corrected chi connectivity index (χ4v) is 3.29. The van der Waals surface area contributed by atoms with Crippen LogP contribution < -0.4 is 14.8 Å². The van der Waals surface area contributed by atoms with E-state index in [1.54, 1.807) is 18.2 Å². The molecule has 2 N–H and O–H groups in total. The second kappa shape index (κ2) is 9.46. The normalized spacial score (nSPS) is 10.5. The van der Waals surface area contributed by atoms with Crippen molar-refractivity contribution >= 4 is 40.6 Å². The summed E-state index contributed by atoms with van der Waals surface area (Å²) in [6.07, 6.45) is 0. The van der Waals surface area contributed by atoms with E-state index in [0.717, 1.165) is 11.8 Å². The number of anilines is 1. The minimum Gasteiger partial charge on any atom is -0.496 e. The maximum absolute atomic E-state index is 12.3. The van der Waals surface area contributed by atoms with E-state index in [4.69, 9.17) is 21.1 Å². The van der Waals surface area contributed by atoms with Gasteiger partial charge in [0, 0.05) is 17.2 Å². The van der Waals surface area contributed by atoms with E-state index in [-0.39, 0.29) is 17.1 Å². The summed E-state index contributed by atoms with van der Waals surface area (Å²) in [7, 11) is 2.94. The molecular weight excluding hydrogens is 434 g/mol. The Morgan fingerprint density at radius 2 is 1.97 bits per heavy atom. The van der Waals surface area contributed by atoms with E-state index in [1.807, 2.05) is 0 Å². The number of rotatable bonds is 8. The highest BCUT2D eigenvalue weighted by Gasteiger charge is 2.16. The molecule has 0 saturated heterocycles. The predicted octanol–water partition coefficient (Wildman–Crippen LogP) is 3.78. The van der Waals surface area contributed by atoms with E-state index in [0.29, 0.717) is 33.1 Å². The summed E-state index contributed by atoms with van der Waals surface area (Å²) in [6, 6.07) is 9.05. The lowest BCUT2D eigenvalue weighted by atomic mass is 10.2. The number of hydrogen-bond donors (Lipinski definition) is 2. The Hall–Kier alpha value is -3.31. The first-order valence-electron chi connectivity index (χ1n) is 8.42. The number of halogens is 1. The number of carbonyl (C=O) groups is 1. The maximum atomic E-state index is 12.3. The van der Waals surface area contributed by atoms with Crippen LogP contribution >= 0.6 is 23.4 Å².